The van der Waals surface area contributed by atoms with Gasteiger partial charge < -0.3 is 30.4 Å². The van der Waals surface area contributed by atoms with Gasteiger partial charge in [-0.2, -0.15) is 5.90 Å². The minimum absolute atomic E-state index is 0.831. The van der Waals surface area contributed by atoms with E-state index in [9.17, 15) is 4.79 Å². The maximum Gasteiger partial charge on any atom is 0.356 e. The Balaban J connectivity index is 4.30. The molecule has 0 amide bonds. The fourth-order valence-corrected chi connectivity index (χ4v) is 0.732. The smallest absolute Gasteiger partial charge is 0.356 e. The zero-order valence-corrected chi connectivity index (χ0v) is 7.15. The van der Waals surface area contributed by atoms with E-state index in [2.05, 4.69) is 10.7 Å². The standard InChI is InChI=1S/C6H13NO7/c7-14-6(13)5(12)4(11)3(10)2(9)1-8/h2-5,8-12H,1,7H2/t2-,3-,4+,5-/m1/s1. The van der Waals surface area contributed by atoms with Crippen LogP contribution in [0, 0.1) is 0 Å². The normalized spacial score (nSPS) is 19.6. The summed E-state index contributed by atoms with van der Waals surface area (Å²) < 4.78 is 0. The third-order valence-corrected chi connectivity index (χ3v) is 1.61. The summed E-state index contributed by atoms with van der Waals surface area (Å²) in [6.07, 6.45) is -7.64. The van der Waals surface area contributed by atoms with E-state index in [0.717, 1.165) is 0 Å². The lowest BCUT2D eigenvalue weighted by Gasteiger charge is -2.23. The van der Waals surface area contributed by atoms with Crippen LogP contribution in [0.25, 0.3) is 0 Å². The highest BCUT2D eigenvalue weighted by molar-refractivity contribution is 5.74. The van der Waals surface area contributed by atoms with Crippen molar-refractivity contribution in [2.45, 2.75) is 24.4 Å². The minimum Gasteiger partial charge on any atom is -0.394 e. The number of carbonyl (C=O) groups excluding carboxylic acids is 1. The third kappa shape index (κ3) is 3.18. The monoisotopic (exact) mass is 211 g/mol. The molecule has 0 spiro atoms. The van der Waals surface area contributed by atoms with Crippen LogP contribution in [0.1, 0.15) is 0 Å². The molecule has 0 saturated heterocycles. The SMILES string of the molecule is NOC(=O)[C@H](O)[C@@H](O)[C@H](O)[C@H](O)CO. The van der Waals surface area contributed by atoms with E-state index in [1.54, 1.807) is 0 Å². The van der Waals surface area contributed by atoms with Crippen LogP contribution in [-0.2, 0) is 9.63 Å². The number of carbonyl (C=O) groups is 1. The van der Waals surface area contributed by atoms with Gasteiger partial charge in [0.15, 0.2) is 6.10 Å². The molecule has 0 bridgehead atoms. The summed E-state index contributed by atoms with van der Waals surface area (Å²) in [7, 11) is 0. The molecular weight excluding hydrogens is 198 g/mol. The molecule has 8 nitrogen and oxygen atoms in total. The Morgan fingerprint density at radius 3 is 2.07 bits per heavy atom. The van der Waals surface area contributed by atoms with Gasteiger partial charge in [-0.3, -0.25) is 0 Å². The maximum atomic E-state index is 10.6. The summed E-state index contributed by atoms with van der Waals surface area (Å²) in [6, 6.07) is 0. The van der Waals surface area contributed by atoms with Gasteiger partial charge in [0.25, 0.3) is 0 Å². The van der Waals surface area contributed by atoms with Crippen LogP contribution >= 0.6 is 0 Å². The molecule has 84 valence electrons. The van der Waals surface area contributed by atoms with Crippen LogP contribution in [0.4, 0.5) is 0 Å². The van der Waals surface area contributed by atoms with Gasteiger partial charge >= 0.3 is 5.97 Å². The van der Waals surface area contributed by atoms with E-state index in [0.29, 0.717) is 0 Å². The van der Waals surface area contributed by atoms with Crippen molar-refractivity contribution in [2.75, 3.05) is 6.61 Å². The van der Waals surface area contributed by atoms with Crippen molar-refractivity contribution >= 4 is 5.97 Å². The number of aliphatic hydroxyl groups is 5. The molecule has 0 aliphatic carbocycles. The van der Waals surface area contributed by atoms with Gasteiger partial charge in [-0.15, -0.1) is 0 Å². The molecule has 0 aliphatic rings. The second-order valence-electron chi connectivity index (χ2n) is 2.61. The molecule has 0 radical (unpaired) electrons. The summed E-state index contributed by atoms with van der Waals surface area (Å²) in [5, 5.41) is 44.3. The van der Waals surface area contributed by atoms with Crippen LogP contribution in [0.15, 0.2) is 0 Å². The average molecular weight is 211 g/mol. The molecule has 0 heterocycles. The van der Waals surface area contributed by atoms with Gasteiger partial charge in [0.05, 0.1) is 6.61 Å². The van der Waals surface area contributed by atoms with Crippen molar-refractivity contribution in [2.24, 2.45) is 5.90 Å². The van der Waals surface area contributed by atoms with Crippen molar-refractivity contribution in [1.29, 1.82) is 0 Å². The lowest BCUT2D eigenvalue weighted by Crippen LogP contribution is -2.49. The molecule has 14 heavy (non-hydrogen) atoms. The predicted molar refractivity (Wildman–Crippen MR) is 41.4 cm³/mol. The first-order valence-corrected chi connectivity index (χ1v) is 3.69. The lowest BCUT2D eigenvalue weighted by molar-refractivity contribution is -0.170. The van der Waals surface area contributed by atoms with Crippen molar-refractivity contribution in [3.8, 4) is 0 Å². The second-order valence-corrected chi connectivity index (χ2v) is 2.61. The van der Waals surface area contributed by atoms with Crippen molar-refractivity contribution in [3.63, 3.8) is 0 Å². The molecule has 0 aromatic heterocycles. The topological polar surface area (TPSA) is 153 Å². The number of hydrogen-bond acceptors (Lipinski definition) is 8. The quantitative estimate of drug-likeness (QED) is 0.250. The van der Waals surface area contributed by atoms with Crippen LogP contribution in [0.5, 0.6) is 0 Å². The maximum absolute atomic E-state index is 10.6. The van der Waals surface area contributed by atoms with Crippen LogP contribution in [-0.4, -0.2) is 62.5 Å². The molecule has 0 fully saturated rings. The molecule has 0 aromatic carbocycles. The van der Waals surface area contributed by atoms with Crippen LogP contribution < -0.4 is 5.90 Å². The largest absolute Gasteiger partial charge is 0.394 e. The van der Waals surface area contributed by atoms with E-state index in [1.807, 2.05) is 0 Å². The summed E-state index contributed by atoms with van der Waals surface area (Å²) >= 11 is 0. The van der Waals surface area contributed by atoms with Gasteiger partial charge in [0, 0.05) is 0 Å². The van der Waals surface area contributed by atoms with E-state index in [1.165, 1.54) is 0 Å². The Morgan fingerprint density at radius 1 is 1.21 bits per heavy atom. The highest BCUT2D eigenvalue weighted by Crippen LogP contribution is 2.05. The summed E-state index contributed by atoms with van der Waals surface area (Å²) in [4.78, 5) is 14.1. The fourth-order valence-electron chi connectivity index (χ4n) is 0.732. The van der Waals surface area contributed by atoms with Gasteiger partial charge in [0.2, 0.25) is 0 Å². The number of rotatable bonds is 5. The Kier molecular flexibility index (Phi) is 5.53. The first kappa shape index (κ1) is 13.2. The summed E-state index contributed by atoms with van der Waals surface area (Å²) in [6.45, 7) is -0.831. The molecule has 0 aliphatic heterocycles. The molecule has 0 unspecified atom stereocenters. The summed E-state index contributed by atoms with van der Waals surface area (Å²) in [5.74, 6) is 3.05. The predicted octanol–water partition coefficient (Wildman–Crippen LogP) is -4.16. The summed E-state index contributed by atoms with van der Waals surface area (Å²) in [5.41, 5.74) is 0. The van der Waals surface area contributed by atoms with Crippen LogP contribution in [0.3, 0.4) is 0 Å². The Bertz CT molecular complexity index is 187. The van der Waals surface area contributed by atoms with Crippen molar-refractivity contribution in [1.82, 2.24) is 0 Å². The lowest BCUT2D eigenvalue weighted by atomic mass is 10.0. The molecule has 4 atom stereocenters. The molecule has 7 N–H and O–H groups in total. The van der Waals surface area contributed by atoms with Gasteiger partial charge in [-0.25, -0.2) is 4.79 Å². The fraction of sp³-hybridized carbons (Fsp3) is 0.833. The van der Waals surface area contributed by atoms with Gasteiger partial charge in [0.1, 0.15) is 18.3 Å². The minimum atomic E-state index is -2.09. The zero-order chi connectivity index (χ0) is 11.3. The first-order chi connectivity index (χ1) is 6.45. The Hall–Kier alpha value is -0.770. The van der Waals surface area contributed by atoms with Gasteiger partial charge in [-0.05, 0) is 0 Å². The number of aliphatic hydroxyl groups excluding tert-OH is 5. The average Bonchev–Trinajstić information content (AvgIpc) is 2.23. The number of nitrogens with two attached hydrogens (primary N) is 1. The highest BCUT2D eigenvalue weighted by Gasteiger charge is 2.34. The first-order valence-electron chi connectivity index (χ1n) is 3.69. The molecule has 0 saturated carbocycles. The molecule has 0 rings (SSSR count). The van der Waals surface area contributed by atoms with E-state index in [4.69, 9.17) is 25.5 Å². The third-order valence-electron chi connectivity index (χ3n) is 1.61. The van der Waals surface area contributed by atoms with Crippen LogP contribution in [0.2, 0.25) is 0 Å². The van der Waals surface area contributed by atoms with E-state index in [-0.39, 0.29) is 0 Å². The van der Waals surface area contributed by atoms with E-state index < -0.39 is 37.0 Å². The highest BCUT2D eigenvalue weighted by atomic mass is 16.7. The zero-order valence-electron chi connectivity index (χ0n) is 7.15. The van der Waals surface area contributed by atoms with Crippen molar-refractivity contribution < 1.29 is 35.2 Å². The molecule has 0 aromatic rings. The second kappa shape index (κ2) is 5.86. The van der Waals surface area contributed by atoms with Crippen molar-refractivity contribution in [3.05, 3.63) is 0 Å². The molecule has 8 heteroatoms. The molecular formula is C6H13NO7. The number of hydrogen-bond donors (Lipinski definition) is 6. The Labute approximate surface area is 79.1 Å². The van der Waals surface area contributed by atoms with Gasteiger partial charge in [-0.1, -0.05) is 0 Å². The Morgan fingerprint density at radius 2 is 1.71 bits per heavy atom. The van der Waals surface area contributed by atoms with E-state index >= 15 is 0 Å².